The summed E-state index contributed by atoms with van der Waals surface area (Å²) in [6.45, 7) is 5.44. The van der Waals surface area contributed by atoms with Gasteiger partial charge in [-0.1, -0.05) is 0 Å². The molecule has 128 valence electrons. The Hall–Kier alpha value is -0.890. The van der Waals surface area contributed by atoms with E-state index in [-0.39, 0.29) is 6.04 Å². The SMILES string of the molecule is Cc1ccc([C@@H]2CCCN2S(=O)(=O)N2CCN(C3CC3)CC2)o1. The van der Waals surface area contributed by atoms with Gasteiger partial charge < -0.3 is 4.42 Å². The van der Waals surface area contributed by atoms with Crippen LogP contribution in [-0.4, -0.2) is 60.7 Å². The number of nitrogens with zero attached hydrogens (tertiary/aromatic N) is 3. The van der Waals surface area contributed by atoms with E-state index in [1.165, 1.54) is 12.8 Å². The lowest BCUT2D eigenvalue weighted by Gasteiger charge is -2.37. The van der Waals surface area contributed by atoms with Crippen molar-refractivity contribution in [3.63, 3.8) is 0 Å². The summed E-state index contributed by atoms with van der Waals surface area (Å²) in [6, 6.07) is 4.40. The molecular weight excluding hydrogens is 314 g/mol. The molecule has 0 unspecified atom stereocenters. The van der Waals surface area contributed by atoms with Gasteiger partial charge in [0.15, 0.2) is 0 Å². The van der Waals surface area contributed by atoms with Crippen molar-refractivity contribution in [2.45, 2.75) is 44.7 Å². The molecule has 7 heteroatoms. The average Bonchev–Trinajstić information content (AvgIpc) is 3.10. The lowest BCUT2D eigenvalue weighted by Crippen LogP contribution is -2.53. The third kappa shape index (κ3) is 2.95. The summed E-state index contributed by atoms with van der Waals surface area (Å²) in [5.74, 6) is 1.61. The van der Waals surface area contributed by atoms with E-state index in [1.807, 2.05) is 19.1 Å². The van der Waals surface area contributed by atoms with Gasteiger partial charge in [0.1, 0.15) is 11.5 Å². The molecule has 0 bridgehead atoms. The highest BCUT2D eigenvalue weighted by atomic mass is 32.2. The van der Waals surface area contributed by atoms with Crippen LogP contribution in [0.1, 0.15) is 43.2 Å². The van der Waals surface area contributed by atoms with Crippen molar-refractivity contribution in [1.82, 2.24) is 13.5 Å². The zero-order valence-corrected chi connectivity index (χ0v) is 14.5. The van der Waals surface area contributed by atoms with Crippen LogP contribution in [0.4, 0.5) is 0 Å². The molecule has 1 aromatic rings. The van der Waals surface area contributed by atoms with Crippen LogP contribution in [-0.2, 0) is 10.2 Å². The predicted octanol–water partition coefficient (Wildman–Crippen LogP) is 1.75. The minimum Gasteiger partial charge on any atom is -0.465 e. The molecule has 3 aliphatic rings. The second-order valence-corrected chi connectivity index (χ2v) is 8.77. The van der Waals surface area contributed by atoms with E-state index in [4.69, 9.17) is 4.42 Å². The van der Waals surface area contributed by atoms with Crippen LogP contribution in [0.3, 0.4) is 0 Å². The Bertz CT molecular complexity index is 660. The Morgan fingerprint density at radius 3 is 2.39 bits per heavy atom. The first-order valence-electron chi connectivity index (χ1n) is 8.63. The van der Waals surface area contributed by atoms with Crippen LogP contribution in [0.15, 0.2) is 16.5 Å². The first-order valence-corrected chi connectivity index (χ1v) is 10.0. The second-order valence-electron chi connectivity index (χ2n) is 6.89. The monoisotopic (exact) mass is 339 g/mol. The van der Waals surface area contributed by atoms with E-state index in [1.54, 1.807) is 8.61 Å². The summed E-state index contributed by atoms with van der Waals surface area (Å²) in [7, 11) is -3.40. The van der Waals surface area contributed by atoms with Gasteiger partial charge in [0.25, 0.3) is 10.2 Å². The van der Waals surface area contributed by atoms with Crippen molar-refractivity contribution in [2.75, 3.05) is 32.7 Å². The van der Waals surface area contributed by atoms with Gasteiger partial charge >= 0.3 is 0 Å². The Labute approximate surface area is 138 Å². The lowest BCUT2D eigenvalue weighted by atomic mass is 10.2. The topological polar surface area (TPSA) is 57.0 Å². The van der Waals surface area contributed by atoms with E-state index in [0.717, 1.165) is 37.5 Å². The molecule has 2 aliphatic heterocycles. The first kappa shape index (κ1) is 15.6. The maximum Gasteiger partial charge on any atom is 0.282 e. The predicted molar refractivity (Wildman–Crippen MR) is 87.2 cm³/mol. The van der Waals surface area contributed by atoms with Gasteiger partial charge in [-0.2, -0.15) is 17.0 Å². The number of furan rings is 1. The molecular formula is C16H25N3O3S. The minimum atomic E-state index is -3.40. The molecule has 0 aromatic carbocycles. The quantitative estimate of drug-likeness (QED) is 0.839. The molecule has 23 heavy (non-hydrogen) atoms. The molecule has 0 spiro atoms. The van der Waals surface area contributed by atoms with Crippen LogP contribution < -0.4 is 0 Å². The third-order valence-electron chi connectivity index (χ3n) is 5.25. The van der Waals surface area contributed by atoms with Crippen molar-refractivity contribution >= 4 is 10.2 Å². The zero-order valence-electron chi connectivity index (χ0n) is 13.6. The Morgan fingerprint density at radius 1 is 1.04 bits per heavy atom. The standard InChI is InChI=1S/C16H25N3O3S/c1-13-4-7-16(22-13)15-3-2-8-19(15)23(20,21)18-11-9-17(10-12-18)14-5-6-14/h4,7,14-15H,2-3,5-6,8-12H2,1H3/t15-/m0/s1. The summed E-state index contributed by atoms with van der Waals surface area (Å²) in [6.07, 6.45) is 4.29. The smallest absolute Gasteiger partial charge is 0.282 e. The van der Waals surface area contributed by atoms with E-state index >= 15 is 0 Å². The highest BCUT2D eigenvalue weighted by molar-refractivity contribution is 7.86. The van der Waals surface area contributed by atoms with Crippen LogP contribution in [0.5, 0.6) is 0 Å². The molecule has 6 nitrogen and oxygen atoms in total. The summed E-state index contributed by atoms with van der Waals surface area (Å²) in [4.78, 5) is 2.43. The Morgan fingerprint density at radius 2 is 1.78 bits per heavy atom. The molecule has 1 aromatic heterocycles. The molecule has 0 N–H and O–H groups in total. The summed E-state index contributed by atoms with van der Waals surface area (Å²) in [5, 5.41) is 0. The van der Waals surface area contributed by atoms with Crippen molar-refractivity contribution in [3.05, 3.63) is 23.7 Å². The number of piperazine rings is 1. The molecule has 3 heterocycles. The van der Waals surface area contributed by atoms with Gasteiger partial charge in [-0.25, -0.2) is 0 Å². The fourth-order valence-electron chi connectivity index (χ4n) is 3.82. The largest absolute Gasteiger partial charge is 0.465 e. The number of hydrogen-bond donors (Lipinski definition) is 0. The summed E-state index contributed by atoms with van der Waals surface area (Å²) >= 11 is 0. The van der Waals surface area contributed by atoms with Gasteiger partial charge in [-0.15, -0.1) is 0 Å². The van der Waals surface area contributed by atoms with Gasteiger partial charge in [0.2, 0.25) is 0 Å². The molecule has 0 radical (unpaired) electrons. The molecule has 1 atom stereocenters. The first-order chi connectivity index (χ1) is 11.1. The lowest BCUT2D eigenvalue weighted by molar-refractivity contribution is 0.172. The van der Waals surface area contributed by atoms with E-state index < -0.39 is 10.2 Å². The van der Waals surface area contributed by atoms with Crippen LogP contribution in [0.25, 0.3) is 0 Å². The highest BCUT2D eigenvalue weighted by Gasteiger charge is 2.42. The fraction of sp³-hybridized carbons (Fsp3) is 0.750. The molecule has 1 aliphatic carbocycles. The fourth-order valence-corrected chi connectivity index (χ4v) is 5.63. The maximum absolute atomic E-state index is 13.1. The van der Waals surface area contributed by atoms with Crippen molar-refractivity contribution in [3.8, 4) is 0 Å². The molecule has 1 saturated carbocycles. The van der Waals surface area contributed by atoms with Crippen LogP contribution >= 0.6 is 0 Å². The second kappa shape index (κ2) is 5.88. The average molecular weight is 339 g/mol. The normalized spacial score (nSPS) is 28.5. The number of hydrogen-bond acceptors (Lipinski definition) is 4. The Balaban J connectivity index is 1.48. The van der Waals surface area contributed by atoms with E-state index in [0.29, 0.717) is 25.7 Å². The molecule has 4 rings (SSSR count). The van der Waals surface area contributed by atoms with E-state index in [9.17, 15) is 8.42 Å². The minimum absolute atomic E-state index is 0.143. The van der Waals surface area contributed by atoms with Crippen molar-refractivity contribution in [2.24, 2.45) is 0 Å². The van der Waals surface area contributed by atoms with Gasteiger partial charge in [0, 0.05) is 38.8 Å². The van der Waals surface area contributed by atoms with E-state index in [2.05, 4.69) is 4.90 Å². The molecule has 0 amide bonds. The van der Waals surface area contributed by atoms with Crippen LogP contribution in [0.2, 0.25) is 0 Å². The van der Waals surface area contributed by atoms with Gasteiger partial charge in [-0.05, 0) is 44.7 Å². The number of rotatable bonds is 4. The van der Waals surface area contributed by atoms with Crippen molar-refractivity contribution < 1.29 is 12.8 Å². The van der Waals surface area contributed by atoms with Crippen molar-refractivity contribution in [1.29, 1.82) is 0 Å². The Kier molecular flexibility index (Phi) is 3.99. The van der Waals surface area contributed by atoms with Crippen LogP contribution in [0, 0.1) is 6.92 Å². The third-order valence-corrected chi connectivity index (χ3v) is 7.30. The summed E-state index contributed by atoms with van der Waals surface area (Å²) < 4.78 is 35.1. The zero-order chi connectivity index (χ0) is 16.0. The molecule has 2 saturated heterocycles. The highest BCUT2D eigenvalue weighted by Crippen LogP contribution is 2.36. The van der Waals surface area contributed by atoms with Gasteiger partial charge in [0.05, 0.1) is 6.04 Å². The number of aryl methyl sites for hydroxylation is 1. The summed E-state index contributed by atoms with van der Waals surface area (Å²) in [5.41, 5.74) is 0. The van der Waals surface area contributed by atoms with Gasteiger partial charge in [-0.3, -0.25) is 4.90 Å². The maximum atomic E-state index is 13.1. The molecule has 3 fully saturated rings.